The molecule has 39 heavy (non-hydrogen) atoms. The molecule has 1 unspecified atom stereocenters. The third-order valence-corrected chi connectivity index (χ3v) is 7.84. The Labute approximate surface area is 229 Å². The standard InChI is InChI=1S/C30H39N3O6/c1-28(2,3)24(31-27(36)39-29(4,5)6)25(34)33-17-18(16-22(33)26(35)38-7)30-15-11-10-14-21(30)19-12-8-9-13-20(19)23(30)32-37/h8-14,18,22,24,37H,15-17H2,1-7H3,(H,31,36)/b32-23-/t18-,22+,24-,30?/m1/s1. The molecule has 1 heterocycles. The average molecular weight is 538 g/mol. The van der Waals surface area contributed by atoms with Crippen LogP contribution in [0.4, 0.5) is 4.79 Å². The van der Waals surface area contributed by atoms with Gasteiger partial charge in [0, 0.05) is 12.1 Å². The molecule has 0 radical (unpaired) electrons. The normalized spacial score (nSPS) is 26.0. The van der Waals surface area contributed by atoms with Gasteiger partial charge in [0.2, 0.25) is 5.91 Å². The zero-order valence-electron chi connectivity index (χ0n) is 23.8. The Bertz CT molecular complexity index is 1250. The van der Waals surface area contributed by atoms with Crippen LogP contribution in [0, 0.1) is 16.7 Å². The fraction of sp³-hybridized carbons (Fsp3) is 0.533. The van der Waals surface area contributed by atoms with E-state index < -0.39 is 46.5 Å². The number of benzene rings is 1. The molecule has 0 saturated carbocycles. The quantitative estimate of drug-likeness (QED) is 0.331. The molecular formula is C30H39N3O6. The van der Waals surface area contributed by atoms with Gasteiger partial charge >= 0.3 is 12.1 Å². The number of nitrogens with one attached hydrogen (secondary N) is 1. The van der Waals surface area contributed by atoms with Gasteiger partial charge in [0.05, 0.1) is 18.2 Å². The number of nitrogens with zero attached hydrogens (tertiary/aromatic N) is 2. The maximum Gasteiger partial charge on any atom is 0.408 e. The van der Waals surface area contributed by atoms with Crippen molar-refractivity contribution in [3.63, 3.8) is 0 Å². The molecule has 0 aromatic heterocycles. The topological polar surface area (TPSA) is 118 Å². The number of ether oxygens (including phenoxy) is 2. The monoisotopic (exact) mass is 537 g/mol. The van der Waals surface area contributed by atoms with Crippen LogP contribution in [0.5, 0.6) is 0 Å². The summed E-state index contributed by atoms with van der Waals surface area (Å²) in [6.07, 6.45) is 6.22. The molecule has 1 fully saturated rings. The van der Waals surface area contributed by atoms with Crippen LogP contribution in [0.3, 0.4) is 0 Å². The summed E-state index contributed by atoms with van der Waals surface area (Å²) in [5.41, 5.74) is 1.24. The van der Waals surface area contributed by atoms with E-state index in [1.807, 2.05) is 63.3 Å². The van der Waals surface area contributed by atoms with E-state index in [-0.39, 0.29) is 12.5 Å². The van der Waals surface area contributed by atoms with Crippen molar-refractivity contribution in [1.82, 2.24) is 10.2 Å². The fourth-order valence-electron chi connectivity index (χ4n) is 6.15. The Kier molecular flexibility index (Phi) is 7.40. The van der Waals surface area contributed by atoms with Crippen LogP contribution >= 0.6 is 0 Å². The highest BCUT2D eigenvalue weighted by Gasteiger charge is 2.58. The number of esters is 1. The highest BCUT2D eigenvalue weighted by molar-refractivity contribution is 6.20. The SMILES string of the molecule is COC(=O)[C@@H]1C[C@@H](C23CC=CC=C2c2ccccc2/C3=N/O)CN1C(=O)[C@@H](NC(=O)OC(C)(C)C)C(C)(C)C. The number of amides is 2. The van der Waals surface area contributed by atoms with Crippen molar-refractivity contribution in [2.45, 2.75) is 72.1 Å². The van der Waals surface area contributed by atoms with Crippen LogP contribution in [0.1, 0.15) is 65.5 Å². The van der Waals surface area contributed by atoms with Gasteiger partial charge in [-0.3, -0.25) is 4.79 Å². The van der Waals surface area contributed by atoms with E-state index in [0.29, 0.717) is 18.6 Å². The summed E-state index contributed by atoms with van der Waals surface area (Å²) in [5.74, 6) is -1.17. The number of methoxy groups -OCH3 is 1. The lowest BCUT2D eigenvalue weighted by molar-refractivity contribution is -0.152. The van der Waals surface area contributed by atoms with Crippen LogP contribution in [0.25, 0.3) is 5.57 Å². The molecule has 1 aromatic carbocycles. The highest BCUT2D eigenvalue weighted by atomic mass is 16.6. The Balaban J connectivity index is 1.72. The Morgan fingerprint density at radius 2 is 1.79 bits per heavy atom. The van der Waals surface area contributed by atoms with Gasteiger partial charge in [-0.25, -0.2) is 9.59 Å². The zero-order chi connectivity index (χ0) is 28.8. The van der Waals surface area contributed by atoms with Gasteiger partial charge in [-0.1, -0.05) is 68.4 Å². The zero-order valence-corrected chi connectivity index (χ0v) is 23.8. The first-order chi connectivity index (χ1) is 18.2. The van der Waals surface area contributed by atoms with E-state index in [1.165, 1.54) is 12.0 Å². The van der Waals surface area contributed by atoms with Crippen molar-refractivity contribution in [2.75, 3.05) is 13.7 Å². The van der Waals surface area contributed by atoms with E-state index in [9.17, 15) is 19.6 Å². The first-order valence-corrected chi connectivity index (χ1v) is 13.3. The van der Waals surface area contributed by atoms with Gasteiger partial charge in [0.1, 0.15) is 17.7 Å². The molecule has 2 N–H and O–H groups in total. The number of fused-ring (bicyclic) bond motifs is 3. The molecule has 4 atom stereocenters. The summed E-state index contributed by atoms with van der Waals surface area (Å²) >= 11 is 0. The van der Waals surface area contributed by atoms with Crippen LogP contribution in [-0.2, 0) is 19.1 Å². The van der Waals surface area contributed by atoms with Crippen LogP contribution in [0.15, 0.2) is 47.6 Å². The van der Waals surface area contributed by atoms with Crippen LogP contribution < -0.4 is 5.32 Å². The number of carbonyl (C=O) groups is 3. The molecule has 3 aliphatic rings. The molecule has 1 aromatic rings. The lowest BCUT2D eigenvalue weighted by atomic mass is 9.64. The third-order valence-electron chi connectivity index (χ3n) is 7.84. The number of hydrogen-bond acceptors (Lipinski definition) is 7. The van der Waals surface area contributed by atoms with E-state index in [1.54, 1.807) is 20.8 Å². The molecule has 2 amide bonds. The summed E-state index contributed by atoms with van der Waals surface area (Å²) < 4.78 is 10.6. The molecule has 210 valence electrons. The lowest BCUT2D eigenvalue weighted by Crippen LogP contribution is -2.57. The number of alkyl carbamates (subject to hydrolysis) is 1. The van der Waals surface area contributed by atoms with Gasteiger partial charge in [-0.15, -0.1) is 0 Å². The Morgan fingerprint density at radius 3 is 2.38 bits per heavy atom. The predicted molar refractivity (Wildman–Crippen MR) is 147 cm³/mol. The predicted octanol–water partition coefficient (Wildman–Crippen LogP) is 4.54. The van der Waals surface area contributed by atoms with Crippen molar-refractivity contribution in [2.24, 2.45) is 21.9 Å². The third kappa shape index (κ3) is 5.06. The molecule has 9 heteroatoms. The Morgan fingerprint density at radius 1 is 1.13 bits per heavy atom. The largest absolute Gasteiger partial charge is 0.467 e. The fourth-order valence-corrected chi connectivity index (χ4v) is 6.15. The van der Waals surface area contributed by atoms with E-state index >= 15 is 0 Å². The second-order valence-electron chi connectivity index (χ2n) is 12.6. The molecule has 4 rings (SSSR count). The minimum absolute atomic E-state index is 0.222. The van der Waals surface area contributed by atoms with Gasteiger partial charge in [-0.2, -0.15) is 0 Å². The van der Waals surface area contributed by atoms with Gasteiger partial charge in [0.25, 0.3) is 0 Å². The summed E-state index contributed by atoms with van der Waals surface area (Å²) in [6, 6.07) is 5.97. The van der Waals surface area contributed by atoms with Crippen molar-refractivity contribution in [3.05, 3.63) is 53.6 Å². The maximum atomic E-state index is 14.2. The molecule has 1 saturated heterocycles. The molecule has 0 spiro atoms. The number of carbonyl (C=O) groups excluding carboxylic acids is 3. The molecule has 2 aliphatic carbocycles. The average Bonchev–Trinajstić information content (AvgIpc) is 3.43. The van der Waals surface area contributed by atoms with E-state index in [0.717, 1.165) is 16.7 Å². The number of rotatable bonds is 4. The summed E-state index contributed by atoms with van der Waals surface area (Å²) in [6.45, 7) is 11.0. The molecular weight excluding hydrogens is 498 g/mol. The van der Waals surface area contributed by atoms with E-state index in [2.05, 4.69) is 10.5 Å². The molecule has 1 aliphatic heterocycles. The molecule has 0 bridgehead atoms. The highest BCUT2D eigenvalue weighted by Crippen LogP contribution is 2.58. The minimum atomic E-state index is -0.955. The summed E-state index contributed by atoms with van der Waals surface area (Å²) in [5, 5.41) is 16.8. The van der Waals surface area contributed by atoms with Gasteiger partial charge in [-0.05, 0) is 56.1 Å². The number of allylic oxidation sites excluding steroid dienone is 4. The van der Waals surface area contributed by atoms with Crippen molar-refractivity contribution in [1.29, 1.82) is 0 Å². The van der Waals surface area contributed by atoms with Gasteiger partial charge in [0.15, 0.2) is 0 Å². The van der Waals surface area contributed by atoms with Gasteiger partial charge < -0.3 is 24.9 Å². The van der Waals surface area contributed by atoms with Crippen LogP contribution in [-0.4, -0.2) is 65.1 Å². The second kappa shape index (κ2) is 10.2. The van der Waals surface area contributed by atoms with E-state index in [4.69, 9.17) is 9.47 Å². The number of oxime groups is 1. The minimum Gasteiger partial charge on any atom is -0.467 e. The maximum absolute atomic E-state index is 14.2. The molecule has 9 nitrogen and oxygen atoms in total. The van der Waals surface area contributed by atoms with Crippen molar-refractivity contribution >= 4 is 29.3 Å². The first-order valence-electron chi connectivity index (χ1n) is 13.3. The number of hydrogen-bond donors (Lipinski definition) is 2. The van der Waals surface area contributed by atoms with Crippen molar-refractivity contribution < 1.29 is 29.1 Å². The Hall–Kier alpha value is -3.62. The first kappa shape index (κ1) is 28.4. The van der Waals surface area contributed by atoms with Crippen molar-refractivity contribution in [3.8, 4) is 0 Å². The summed E-state index contributed by atoms with van der Waals surface area (Å²) in [7, 11) is 1.30. The summed E-state index contributed by atoms with van der Waals surface area (Å²) in [4.78, 5) is 41.5. The lowest BCUT2D eigenvalue weighted by Gasteiger charge is -2.38. The van der Waals surface area contributed by atoms with Crippen LogP contribution in [0.2, 0.25) is 0 Å². The number of likely N-dealkylation sites (tertiary alicyclic amines) is 1. The smallest absolute Gasteiger partial charge is 0.408 e. The second-order valence-corrected chi connectivity index (χ2v) is 12.6.